The Kier molecular flexibility index (Phi) is 4.74. The Morgan fingerprint density at radius 2 is 2.04 bits per heavy atom. The van der Waals surface area contributed by atoms with Gasteiger partial charge in [-0.3, -0.25) is 24.0 Å². The van der Waals surface area contributed by atoms with Gasteiger partial charge in [0.2, 0.25) is 11.8 Å². The molecule has 0 radical (unpaired) electrons. The quantitative estimate of drug-likeness (QED) is 0.629. The van der Waals surface area contributed by atoms with Gasteiger partial charge in [-0.1, -0.05) is 0 Å². The zero-order chi connectivity index (χ0) is 18.8. The average Bonchev–Trinajstić information content (AvgIpc) is 2.98. The second kappa shape index (κ2) is 6.98. The third-order valence-electron chi connectivity index (χ3n) is 4.30. The third kappa shape index (κ3) is 3.73. The number of amides is 2. The summed E-state index contributed by atoms with van der Waals surface area (Å²) in [4.78, 5) is 53.0. The number of carbonyl (C=O) groups is 2. The van der Waals surface area contributed by atoms with Crippen molar-refractivity contribution >= 4 is 11.8 Å². The summed E-state index contributed by atoms with van der Waals surface area (Å²) in [6.07, 6.45) is -0.0785. The molecule has 3 rings (SSSR count). The standard InChI is InChI=1S/C16H20N6O4/c1-9-13(15(25)19-16(26)18-9)6-14(24)21-3-4-22-12(8-21)5-11(20-22)7-17-10(2)23/h5H,3-4,6-8H2,1-2H3,(H,17,23)(H2,18,19,25,26). The van der Waals surface area contributed by atoms with Gasteiger partial charge >= 0.3 is 5.69 Å². The molecule has 3 N–H and O–H groups in total. The van der Waals surface area contributed by atoms with Crippen molar-refractivity contribution in [2.24, 2.45) is 0 Å². The molecule has 3 heterocycles. The number of H-pyrrole nitrogens is 2. The highest BCUT2D eigenvalue weighted by atomic mass is 16.2. The summed E-state index contributed by atoms with van der Waals surface area (Å²) in [5.41, 5.74) is 1.14. The number of hydrogen-bond donors (Lipinski definition) is 3. The number of hydrogen-bond acceptors (Lipinski definition) is 5. The number of carbonyl (C=O) groups excluding carboxylic acids is 2. The van der Waals surface area contributed by atoms with Crippen molar-refractivity contribution in [1.29, 1.82) is 0 Å². The number of fused-ring (bicyclic) bond motifs is 1. The summed E-state index contributed by atoms with van der Waals surface area (Å²) in [6.45, 7) is 4.78. The highest BCUT2D eigenvalue weighted by Gasteiger charge is 2.23. The van der Waals surface area contributed by atoms with E-state index in [0.717, 1.165) is 11.4 Å². The highest BCUT2D eigenvalue weighted by Crippen LogP contribution is 2.15. The van der Waals surface area contributed by atoms with E-state index in [2.05, 4.69) is 20.4 Å². The Bertz CT molecular complexity index is 970. The normalized spacial score (nSPS) is 13.4. The first-order valence-electron chi connectivity index (χ1n) is 8.23. The van der Waals surface area contributed by atoms with Crippen molar-refractivity contribution in [3.8, 4) is 0 Å². The van der Waals surface area contributed by atoms with Gasteiger partial charge in [0.1, 0.15) is 0 Å². The number of aromatic nitrogens is 4. The molecular weight excluding hydrogens is 340 g/mol. The number of nitrogens with zero attached hydrogens (tertiary/aromatic N) is 3. The van der Waals surface area contributed by atoms with Crippen LogP contribution in [-0.4, -0.2) is 43.0 Å². The number of aryl methyl sites for hydroxylation is 1. The first kappa shape index (κ1) is 17.6. The molecule has 0 atom stereocenters. The number of aromatic amines is 2. The van der Waals surface area contributed by atoms with Crippen molar-refractivity contribution in [2.75, 3.05) is 6.54 Å². The Hall–Kier alpha value is -3.17. The Labute approximate surface area is 148 Å². The maximum Gasteiger partial charge on any atom is 0.325 e. The third-order valence-corrected chi connectivity index (χ3v) is 4.30. The van der Waals surface area contributed by atoms with Gasteiger partial charge < -0.3 is 15.2 Å². The molecule has 2 amide bonds. The fourth-order valence-electron chi connectivity index (χ4n) is 2.94. The van der Waals surface area contributed by atoms with Crippen LogP contribution >= 0.6 is 0 Å². The lowest BCUT2D eigenvalue weighted by Gasteiger charge is -2.27. The highest BCUT2D eigenvalue weighted by molar-refractivity contribution is 5.79. The van der Waals surface area contributed by atoms with Crippen molar-refractivity contribution < 1.29 is 9.59 Å². The monoisotopic (exact) mass is 360 g/mol. The second-order valence-corrected chi connectivity index (χ2v) is 6.26. The van der Waals surface area contributed by atoms with E-state index in [1.165, 1.54) is 6.92 Å². The van der Waals surface area contributed by atoms with Crippen LogP contribution in [0.5, 0.6) is 0 Å². The minimum absolute atomic E-state index is 0.0785. The summed E-state index contributed by atoms with van der Waals surface area (Å²) >= 11 is 0. The summed E-state index contributed by atoms with van der Waals surface area (Å²) in [7, 11) is 0. The van der Waals surface area contributed by atoms with Crippen LogP contribution in [0.15, 0.2) is 15.7 Å². The number of nitrogens with one attached hydrogen (secondary N) is 3. The summed E-state index contributed by atoms with van der Waals surface area (Å²) in [5.74, 6) is -0.323. The summed E-state index contributed by atoms with van der Waals surface area (Å²) < 4.78 is 1.82. The van der Waals surface area contributed by atoms with Gasteiger partial charge in [0.05, 0.1) is 37.4 Å². The van der Waals surface area contributed by atoms with Crippen LogP contribution in [0.4, 0.5) is 0 Å². The average molecular weight is 360 g/mol. The molecule has 0 aliphatic carbocycles. The van der Waals surface area contributed by atoms with Gasteiger partial charge in [-0.15, -0.1) is 0 Å². The van der Waals surface area contributed by atoms with Crippen molar-refractivity contribution in [1.82, 2.24) is 30.0 Å². The zero-order valence-electron chi connectivity index (χ0n) is 14.6. The van der Waals surface area contributed by atoms with E-state index in [1.54, 1.807) is 11.8 Å². The van der Waals surface area contributed by atoms with Crippen molar-refractivity contribution in [3.05, 3.63) is 49.5 Å². The Balaban J connectivity index is 1.70. The number of rotatable bonds is 4. The van der Waals surface area contributed by atoms with Crippen LogP contribution in [0.3, 0.4) is 0 Å². The topological polar surface area (TPSA) is 133 Å². The molecular formula is C16H20N6O4. The molecule has 10 heteroatoms. The molecule has 0 aromatic carbocycles. The maximum atomic E-state index is 12.6. The SMILES string of the molecule is CC(=O)NCc1cc2n(n1)CCN(C(=O)Cc1c(C)[nH]c(=O)[nH]c1=O)C2. The van der Waals surface area contributed by atoms with E-state index in [1.807, 2.05) is 10.7 Å². The fraction of sp³-hybridized carbons (Fsp3) is 0.438. The molecule has 0 bridgehead atoms. The molecule has 1 aliphatic heterocycles. The lowest BCUT2D eigenvalue weighted by atomic mass is 10.1. The molecule has 0 saturated heterocycles. The molecule has 10 nitrogen and oxygen atoms in total. The van der Waals surface area contributed by atoms with Crippen molar-refractivity contribution in [2.45, 2.75) is 39.9 Å². The zero-order valence-corrected chi connectivity index (χ0v) is 14.6. The van der Waals surface area contributed by atoms with Crippen LogP contribution in [0.2, 0.25) is 0 Å². The van der Waals surface area contributed by atoms with Gasteiger partial charge in [0.25, 0.3) is 5.56 Å². The first-order chi connectivity index (χ1) is 12.3. The van der Waals surface area contributed by atoms with Crippen LogP contribution in [0.1, 0.15) is 29.6 Å². The molecule has 26 heavy (non-hydrogen) atoms. The van der Waals surface area contributed by atoms with Gasteiger partial charge in [-0.05, 0) is 13.0 Å². The second-order valence-electron chi connectivity index (χ2n) is 6.26. The maximum absolute atomic E-state index is 12.6. The van der Waals surface area contributed by atoms with Gasteiger partial charge in [0, 0.05) is 24.7 Å². The minimum atomic E-state index is -0.586. The van der Waals surface area contributed by atoms with Crippen molar-refractivity contribution in [3.63, 3.8) is 0 Å². The fourth-order valence-corrected chi connectivity index (χ4v) is 2.94. The van der Waals surface area contributed by atoms with Gasteiger partial charge in [-0.25, -0.2) is 4.79 Å². The predicted molar refractivity (Wildman–Crippen MR) is 91.3 cm³/mol. The van der Waals surface area contributed by atoms with Crippen LogP contribution < -0.4 is 16.6 Å². The summed E-state index contributed by atoms with van der Waals surface area (Å²) in [6, 6.07) is 1.85. The molecule has 0 fully saturated rings. The molecule has 2 aromatic heterocycles. The molecule has 0 unspecified atom stereocenters. The molecule has 0 saturated carbocycles. The smallest absolute Gasteiger partial charge is 0.325 e. The van der Waals surface area contributed by atoms with E-state index in [-0.39, 0.29) is 23.8 Å². The first-order valence-corrected chi connectivity index (χ1v) is 8.23. The molecule has 2 aromatic rings. The van der Waals surface area contributed by atoms with Gasteiger partial charge in [0.15, 0.2) is 0 Å². The molecule has 138 valence electrons. The van der Waals surface area contributed by atoms with Crippen LogP contribution in [0.25, 0.3) is 0 Å². The molecule has 0 spiro atoms. The Morgan fingerprint density at radius 3 is 2.73 bits per heavy atom. The van der Waals surface area contributed by atoms with E-state index in [9.17, 15) is 19.2 Å². The lowest BCUT2D eigenvalue weighted by molar-refractivity contribution is -0.132. The lowest BCUT2D eigenvalue weighted by Crippen LogP contribution is -2.40. The van der Waals surface area contributed by atoms with E-state index in [4.69, 9.17) is 0 Å². The largest absolute Gasteiger partial charge is 0.351 e. The van der Waals surface area contributed by atoms with Crippen LogP contribution in [-0.2, 0) is 35.6 Å². The van der Waals surface area contributed by atoms with Gasteiger partial charge in [-0.2, -0.15) is 5.10 Å². The van der Waals surface area contributed by atoms with Crippen LogP contribution in [0, 0.1) is 6.92 Å². The summed E-state index contributed by atoms with van der Waals surface area (Å²) in [5, 5.41) is 7.10. The van der Waals surface area contributed by atoms with E-state index >= 15 is 0 Å². The predicted octanol–water partition coefficient (Wildman–Crippen LogP) is -1.21. The van der Waals surface area contributed by atoms with E-state index in [0.29, 0.717) is 31.9 Å². The molecule has 1 aliphatic rings. The Morgan fingerprint density at radius 1 is 1.27 bits per heavy atom. The van der Waals surface area contributed by atoms with E-state index < -0.39 is 11.2 Å². The minimum Gasteiger partial charge on any atom is -0.351 e.